The summed E-state index contributed by atoms with van der Waals surface area (Å²) in [6.07, 6.45) is 2.29. The van der Waals surface area contributed by atoms with Crippen molar-refractivity contribution in [2.24, 2.45) is 0 Å². The molecule has 1 aromatic heterocycles. The summed E-state index contributed by atoms with van der Waals surface area (Å²) in [7, 11) is 3.13. The molecule has 2 aromatic rings. The number of ether oxygens (including phenoxy) is 2. The van der Waals surface area contributed by atoms with Crippen LogP contribution in [0.5, 0.6) is 11.5 Å². The number of benzene rings is 1. The maximum absolute atomic E-state index is 11.9. The van der Waals surface area contributed by atoms with Gasteiger partial charge in [-0.1, -0.05) is 12.1 Å². The summed E-state index contributed by atoms with van der Waals surface area (Å²) >= 11 is 0. The lowest BCUT2D eigenvalue weighted by Crippen LogP contribution is -2.27. The average Bonchev–Trinajstić information content (AvgIpc) is 3.17. The average molecular weight is 346 g/mol. The van der Waals surface area contributed by atoms with Crippen LogP contribution in [-0.4, -0.2) is 32.6 Å². The normalized spacial score (nSPS) is 10.2. The van der Waals surface area contributed by atoms with Crippen LogP contribution >= 0.6 is 0 Å². The Balaban J connectivity index is 1.71. The number of hydrogen-bond acceptors (Lipinski definition) is 5. The maximum atomic E-state index is 11.9. The molecule has 0 spiro atoms. The lowest BCUT2D eigenvalue weighted by Gasteiger charge is -2.13. The van der Waals surface area contributed by atoms with E-state index in [2.05, 4.69) is 10.6 Å². The molecule has 0 atom stereocenters. The molecule has 0 bridgehead atoms. The zero-order chi connectivity index (χ0) is 18.1. The van der Waals surface area contributed by atoms with Gasteiger partial charge in [0.15, 0.2) is 17.3 Å². The summed E-state index contributed by atoms with van der Waals surface area (Å²) in [5, 5.41) is 5.53. The quantitative estimate of drug-likeness (QED) is 0.679. The molecule has 2 N–H and O–H groups in total. The van der Waals surface area contributed by atoms with Crippen molar-refractivity contribution in [1.29, 1.82) is 0 Å². The molecule has 0 aliphatic heterocycles. The Hall–Kier alpha value is -2.96. The molecule has 7 nitrogen and oxygen atoms in total. The van der Waals surface area contributed by atoms with Crippen LogP contribution in [0.2, 0.25) is 0 Å². The third kappa shape index (κ3) is 5.27. The van der Waals surface area contributed by atoms with Crippen LogP contribution in [-0.2, 0) is 11.3 Å². The van der Waals surface area contributed by atoms with E-state index in [1.165, 1.54) is 6.26 Å². The van der Waals surface area contributed by atoms with Crippen molar-refractivity contribution < 1.29 is 23.5 Å². The molecule has 134 valence electrons. The second-order valence-corrected chi connectivity index (χ2v) is 5.27. The Morgan fingerprint density at radius 2 is 1.92 bits per heavy atom. The predicted octanol–water partition coefficient (Wildman–Crippen LogP) is 2.12. The number of nitrogens with one attached hydrogen (secondary N) is 2. The second-order valence-electron chi connectivity index (χ2n) is 5.27. The van der Waals surface area contributed by atoms with Gasteiger partial charge in [0.05, 0.1) is 20.5 Å². The van der Waals surface area contributed by atoms with Crippen LogP contribution in [0.15, 0.2) is 41.0 Å². The third-order valence-corrected chi connectivity index (χ3v) is 3.57. The number of hydrogen-bond donors (Lipinski definition) is 2. The first kappa shape index (κ1) is 18.4. The van der Waals surface area contributed by atoms with Gasteiger partial charge in [-0.15, -0.1) is 0 Å². The first-order valence-corrected chi connectivity index (χ1v) is 7.94. The Labute approximate surface area is 146 Å². The van der Waals surface area contributed by atoms with Crippen molar-refractivity contribution in [3.8, 4) is 11.5 Å². The topological polar surface area (TPSA) is 89.8 Å². The second kappa shape index (κ2) is 9.36. The number of furan rings is 1. The molecule has 0 saturated carbocycles. The zero-order valence-electron chi connectivity index (χ0n) is 14.3. The third-order valence-electron chi connectivity index (χ3n) is 3.57. The molecular formula is C18H22N2O5. The molecule has 0 aliphatic carbocycles. The highest BCUT2D eigenvalue weighted by atomic mass is 16.5. The van der Waals surface area contributed by atoms with E-state index in [1.807, 2.05) is 12.1 Å². The molecule has 0 fully saturated rings. The van der Waals surface area contributed by atoms with E-state index in [9.17, 15) is 9.59 Å². The lowest BCUT2D eigenvalue weighted by atomic mass is 10.1. The van der Waals surface area contributed by atoms with Crippen LogP contribution in [0.1, 0.15) is 29.0 Å². The van der Waals surface area contributed by atoms with Gasteiger partial charge in [-0.05, 0) is 24.6 Å². The molecule has 0 radical (unpaired) electrons. The van der Waals surface area contributed by atoms with Crippen LogP contribution in [0.25, 0.3) is 0 Å². The minimum absolute atomic E-state index is 0.0999. The molecule has 0 unspecified atom stereocenters. The van der Waals surface area contributed by atoms with Crippen molar-refractivity contribution >= 4 is 11.8 Å². The molecular weight excluding hydrogens is 324 g/mol. The summed E-state index contributed by atoms with van der Waals surface area (Å²) in [5.41, 5.74) is 0.835. The van der Waals surface area contributed by atoms with Gasteiger partial charge in [0.2, 0.25) is 5.91 Å². The van der Waals surface area contributed by atoms with Crippen LogP contribution in [0, 0.1) is 0 Å². The smallest absolute Gasteiger partial charge is 0.286 e. The molecule has 0 saturated heterocycles. The maximum Gasteiger partial charge on any atom is 0.286 e. The van der Waals surface area contributed by atoms with Gasteiger partial charge >= 0.3 is 0 Å². The fourth-order valence-corrected chi connectivity index (χ4v) is 2.32. The molecule has 7 heteroatoms. The van der Waals surface area contributed by atoms with E-state index in [4.69, 9.17) is 13.9 Å². The molecule has 1 aromatic carbocycles. The number of carbonyl (C=O) groups is 2. The Morgan fingerprint density at radius 3 is 2.60 bits per heavy atom. The number of methoxy groups -OCH3 is 2. The Morgan fingerprint density at radius 1 is 1.08 bits per heavy atom. The standard InChI is InChI=1S/C18H22N2O5/c1-23-14-7-3-6-13(17(14)24-2)12-20-16(21)9-4-10-19-18(22)15-8-5-11-25-15/h3,5-8,11H,4,9-10,12H2,1-2H3,(H,19,22)(H,20,21). The first-order chi connectivity index (χ1) is 12.2. The number of para-hydroxylation sites is 1. The molecule has 2 rings (SSSR count). The van der Waals surface area contributed by atoms with Gasteiger partial charge in [-0.25, -0.2) is 0 Å². The van der Waals surface area contributed by atoms with Crippen molar-refractivity contribution in [3.63, 3.8) is 0 Å². The monoisotopic (exact) mass is 346 g/mol. The highest BCUT2D eigenvalue weighted by molar-refractivity contribution is 5.91. The van der Waals surface area contributed by atoms with E-state index in [-0.39, 0.29) is 17.6 Å². The number of amides is 2. The van der Waals surface area contributed by atoms with Crippen molar-refractivity contribution in [1.82, 2.24) is 10.6 Å². The zero-order valence-corrected chi connectivity index (χ0v) is 14.3. The van der Waals surface area contributed by atoms with Gasteiger partial charge in [-0.2, -0.15) is 0 Å². The fraction of sp³-hybridized carbons (Fsp3) is 0.333. The van der Waals surface area contributed by atoms with Crippen LogP contribution < -0.4 is 20.1 Å². The van der Waals surface area contributed by atoms with Gasteiger partial charge in [0, 0.05) is 25.1 Å². The van der Waals surface area contributed by atoms with E-state index < -0.39 is 0 Å². The largest absolute Gasteiger partial charge is 0.493 e. The van der Waals surface area contributed by atoms with Crippen molar-refractivity contribution in [3.05, 3.63) is 47.9 Å². The molecule has 1 heterocycles. The van der Waals surface area contributed by atoms with Crippen LogP contribution in [0.3, 0.4) is 0 Å². The van der Waals surface area contributed by atoms with Crippen molar-refractivity contribution in [2.75, 3.05) is 20.8 Å². The van der Waals surface area contributed by atoms with Gasteiger partial charge in [0.1, 0.15) is 0 Å². The first-order valence-electron chi connectivity index (χ1n) is 7.94. The molecule has 25 heavy (non-hydrogen) atoms. The fourth-order valence-electron chi connectivity index (χ4n) is 2.32. The van der Waals surface area contributed by atoms with E-state index in [1.54, 1.807) is 32.4 Å². The number of rotatable bonds is 9. The lowest BCUT2D eigenvalue weighted by molar-refractivity contribution is -0.121. The summed E-state index contributed by atoms with van der Waals surface area (Å²) in [5.74, 6) is 1.10. The molecule has 2 amide bonds. The highest BCUT2D eigenvalue weighted by Crippen LogP contribution is 2.30. The summed E-state index contributed by atoms with van der Waals surface area (Å²) in [6.45, 7) is 0.743. The SMILES string of the molecule is COc1cccc(CNC(=O)CCCNC(=O)c2ccco2)c1OC. The minimum atomic E-state index is -0.286. The Kier molecular flexibility index (Phi) is 6.88. The van der Waals surface area contributed by atoms with Crippen LogP contribution in [0.4, 0.5) is 0 Å². The summed E-state index contributed by atoms with van der Waals surface area (Å²) in [6, 6.07) is 8.74. The van der Waals surface area contributed by atoms with Gasteiger partial charge in [-0.3, -0.25) is 9.59 Å². The highest BCUT2D eigenvalue weighted by Gasteiger charge is 2.11. The summed E-state index contributed by atoms with van der Waals surface area (Å²) < 4.78 is 15.5. The molecule has 0 aliphatic rings. The van der Waals surface area contributed by atoms with Gasteiger partial charge < -0.3 is 24.5 Å². The van der Waals surface area contributed by atoms with Crippen molar-refractivity contribution in [2.45, 2.75) is 19.4 Å². The van der Waals surface area contributed by atoms with E-state index in [0.717, 1.165) is 5.56 Å². The predicted molar refractivity (Wildman–Crippen MR) is 91.7 cm³/mol. The van der Waals surface area contributed by atoms with Gasteiger partial charge in [0.25, 0.3) is 5.91 Å². The Bertz CT molecular complexity index is 697. The minimum Gasteiger partial charge on any atom is -0.493 e. The summed E-state index contributed by atoms with van der Waals surface area (Å²) in [4.78, 5) is 23.6. The van der Waals surface area contributed by atoms with E-state index in [0.29, 0.717) is 37.4 Å². The number of carbonyl (C=O) groups excluding carboxylic acids is 2. The van der Waals surface area contributed by atoms with E-state index >= 15 is 0 Å².